The number of hydrogen-bond donors (Lipinski definition) is 0. The van der Waals surface area contributed by atoms with Gasteiger partial charge in [-0.15, -0.1) is 11.1 Å². The van der Waals surface area contributed by atoms with Crippen LogP contribution in [0.15, 0.2) is 0 Å². The predicted octanol–water partition coefficient (Wildman–Crippen LogP) is 2.29. The Bertz CT molecular complexity index is 596. The van der Waals surface area contributed by atoms with Gasteiger partial charge in [-0.1, -0.05) is 39.3 Å². The summed E-state index contributed by atoms with van der Waals surface area (Å²) in [5.41, 5.74) is 6.46. The SMILES string of the molecule is C[Si](C)(C)C#CC#C[Si](C)(C)C.[C-]#[O+].[C-]#[O+].[C-]#[O+].[C-]#[O+].[C-]#[O+].[C-]#[O+].[C-]#[O+].[C-]#[O+].[C-]#[O+].[C-]#[O+].[C-]#[O+].[C-]#[O+].[Co].[Co].[Co].[Co]. The maximum Gasteiger partial charge on any atom is 0 e. The van der Waals surface area contributed by atoms with E-state index in [1.54, 1.807) is 0 Å². The Kier molecular flexibility index (Phi) is 698. The summed E-state index contributed by atoms with van der Waals surface area (Å²) in [7, 11) is -2.40. The zero-order chi connectivity index (χ0) is 33.8. The van der Waals surface area contributed by atoms with Crippen LogP contribution < -0.4 is 0 Å². The number of rotatable bonds is 0. The molecule has 0 unspecified atom stereocenters. The maximum atomic E-state index is 7.50. The van der Waals surface area contributed by atoms with Crippen LogP contribution in [0.2, 0.25) is 39.3 Å². The molecule has 0 saturated carbocycles. The smallest absolute Gasteiger partial charge is 0 e. The standard InChI is InChI=1S/C10H18Si2.12CO.4Co/c1-11(2,3)9-7-8-10-12(4,5)6;12*1-2;;;;/h1-6H3;;;;;;;;;;;;;;;;. The van der Waals surface area contributed by atoms with Crippen LogP contribution in [0, 0.1) is 103 Å². The minimum Gasteiger partial charge on any atom is 0 e. The van der Waals surface area contributed by atoms with Crippen LogP contribution in [0.25, 0.3) is 0 Å². The van der Waals surface area contributed by atoms with Crippen LogP contribution in [-0.4, -0.2) is 16.1 Å². The van der Waals surface area contributed by atoms with Crippen LogP contribution in [0.1, 0.15) is 0 Å². The molecule has 0 spiro atoms. The second kappa shape index (κ2) is 238. The zero-order valence-corrected chi connectivity index (χ0v) is 27.4. The van der Waals surface area contributed by atoms with E-state index in [4.69, 9.17) is 55.8 Å². The molecule has 0 aromatic carbocycles. The summed E-state index contributed by atoms with van der Waals surface area (Å²) >= 11 is 0. The fraction of sp³-hybridized carbons (Fsp3) is 0.273. The van der Waals surface area contributed by atoms with Crippen molar-refractivity contribution in [3.05, 3.63) is 79.8 Å². The van der Waals surface area contributed by atoms with Gasteiger partial charge in [0, 0.05) is 67.1 Å². The molecule has 0 heterocycles. The summed E-state index contributed by atoms with van der Waals surface area (Å²) in [5, 5.41) is 0. The molecular weight excluding hydrogens is 748 g/mol. The van der Waals surface area contributed by atoms with Gasteiger partial charge in [-0.3, -0.25) is 0 Å². The molecule has 0 aliphatic rings. The van der Waals surface area contributed by atoms with Gasteiger partial charge in [-0.05, 0) is 11.8 Å². The summed E-state index contributed by atoms with van der Waals surface area (Å²) in [4.78, 5) is 0. The molecule has 0 aliphatic carbocycles. The molecule has 0 aromatic heterocycles. The molecule has 222 valence electrons. The first-order valence-electron chi connectivity index (χ1n) is 6.70. The minimum absolute atomic E-state index is 0. The van der Waals surface area contributed by atoms with Crippen molar-refractivity contribution in [3.63, 3.8) is 0 Å². The maximum absolute atomic E-state index is 7.50. The molecule has 4 radical (unpaired) electrons. The van der Waals surface area contributed by atoms with Crippen LogP contribution in [0.4, 0.5) is 0 Å². The van der Waals surface area contributed by atoms with E-state index in [0.29, 0.717) is 0 Å². The molecule has 0 bridgehead atoms. The molecule has 0 aromatic rings. The molecular formula is C22H18Co4O12Si2. The summed E-state index contributed by atoms with van der Waals surface area (Å²) in [6, 6.07) is 0. The first kappa shape index (κ1) is 117. The summed E-state index contributed by atoms with van der Waals surface area (Å²) in [6.45, 7) is 67.4. The van der Waals surface area contributed by atoms with Gasteiger partial charge >= 0.3 is 136 Å². The Morgan fingerprint density at radius 3 is 0.400 bits per heavy atom. The van der Waals surface area contributed by atoms with E-state index in [1.165, 1.54) is 0 Å². The molecule has 0 amide bonds. The minimum atomic E-state index is -1.20. The van der Waals surface area contributed by atoms with Gasteiger partial charge in [0.25, 0.3) is 0 Å². The second-order valence-corrected chi connectivity index (χ2v) is 14.5. The van der Waals surface area contributed by atoms with Gasteiger partial charge < -0.3 is 0 Å². The first-order chi connectivity index (χ1) is 17.2. The van der Waals surface area contributed by atoms with Crippen molar-refractivity contribution in [1.82, 2.24) is 0 Å². The van der Waals surface area contributed by atoms with Gasteiger partial charge in [0.2, 0.25) is 0 Å². The normalized spacial score (nSPS) is 3.85. The molecule has 0 aliphatic heterocycles. The fourth-order valence-corrected chi connectivity index (χ4v) is 1.31. The quantitative estimate of drug-likeness (QED) is 0.149. The van der Waals surface area contributed by atoms with Crippen LogP contribution >= 0.6 is 0 Å². The van der Waals surface area contributed by atoms with Crippen LogP contribution in [0.5, 0.6) is 0 Å². The largest absolute Gasteiger partial charge is 0 e. The van der Waals surface area contributed by atoms with Gasteiger partial charge in [0.1, 0.15) is 16.1 Å². The second-order valence-electron chi connectivity index (χ2n) is 5.00. The summed E-state index contributed by atoms with van der Waals surface area (Å²) < 4.78 is 90.0. The summed E-state index contributed by atoms with van der Waals surface area (Å²) in [5.74, 6) is 5.93. The predicted molar refractivity (Wildman–Crippen MR) is 109 cm³/mol. The third kappa shape index (κ3) is 824. The summed E-state index contributed by atoms with van der Waals surface area (Å²) in [6.07, 6.45) is 0. The van der Waals surface area contributed by atoms with E-state index in [2.05, 4.69) is 142 Å². The van der Waals surface area contributed by atoms with Crippen molar-refractivity contribution in [3.8, 4) is 22.9 Å². The van der Waals surface area contributed by atoms with Crippen molar-refractivity contribution in [1.29, 1.82) is 0 Å². The molecule has 0 atom stereocenters. The zero-order valence-electron chi connectivity index (χ0n) is 21.2. The third-order valence-electron chi connectivity index (χ3n) is 0.938. The average Bonchev–Trinajstić information content (AvgIpc) is 2.99. The number of hydrogen-bond acceptors (Lipinski definition) is 0. The fourth-order valence-electron chi connectivity index (χ4n) is 0.438. The topological polar surface area (TPSA) is 239 Å². The van der Waals surface area contributed by atoms with Crippen LogP contribution in [-0.2, 0) is 123 Å². The molecule has 0 fully saturated rings. The van der Waals surface area contributed by atoms with Crippen molar-refractivity contribution in [2.24, 2.45) is 0 Å². The molecule has 40 heavy (non-hydrogen) atoms. The Morgan fingerprint density at radius 1 is 0.275 bits per heavy atom. The third-order valence-corrected chi connectivity index (χ3v) is 2.69. The monoisotopic (exact) mass is 766 g/mol. The van der Waals surface area contributed by atoms with E-state index >= 15 is 0 Å². The Balaban J connectivity index is -0.0000000109. The van der Waals surface area contributed by atoms with Gasteiger partial charge in [0.05, 0.1) is 0 Å². The molecule has 0 N–H and O–H groups in total. The first-order valence-corrected chi connectivity index (χ1v) is 13.7. The van der Waals surface area contributed by atoms with Gasteiger partial charge in [-0.25, -0.2) is 0 Å². The van der Waals surface area contributed by atoms with Crippen molar-refractivity contribution in [2.45, 2.75) is 39.3 Å². The molecule has 0 rings (SSSR count). The van der Waals surface area contributed by atoms with Gasteiger partial charge in [0.15, 0.2) is 0 Å². The Morgan fingerprint density at radius 2 is 0.350 bits per heavy atom. The van der Waals surface area contributed by atoms with E-state index in [0.717, 1.165) is 0 Å². The van der Waals surface area contributed by atoms with E-state index in [-0.39, 0.29) is 67.1 Å². The average molecular weight is 766 g/mol. The Labute approximate surface area is 279 Å². The van der Waals surface area contributed by atoms with Crippen LogP contribution in [0.3, 0.4) is 0 Å². The van der Waals surface area contributed by atoms with Crippen molar-refractivity contribution >= 4 is 16.1 Å². The molecule has 18 heteroatoms. The van der Waals surface area contributed by atoms with E-state index in [9.17, 15) is 0 Å². The van der Waals surface area contributed by atoms with Crippen molar-refractivity contribution in [2.75, 3.05) is 0 Å². The molecule has 12 nitrogen and oxygen atoms in total. The van der Waals surface area contributed by atoms with E-state index in [1.807, 2.05) is 0 Å². The van der Waals surface area contributed by atoms with Crippen molar-refractivity contribution < 1.29 is 123 Å². The molecule has 0 saturated heterocycles. The van der Waals surface area contributed by atoms with E-state index < -0.39 is 16.1 Å². The van der Waals surface area contributed by atoms with Gasteiger partial charge in [-0.2, -0.15) is 0 Å². The Hall–Kier alpha value is -1.54.